The fourth-order valence-corrected chi connectivity index (χ4v) is 4.10. The van der Waals surface area contributed by atoms with Gasteiger partial charge in [0.1, 0.15) is 0 Å². The van der Waals surface area contributed by atoms with Crippen LogP contribution >= 0.6 is 0 Å². The summed E-state index contributed by atoms with van der Waals surface area (Å²) in [5.41, 5.74) is -0.00570. The van der Waals surface area contributed by atoms with Crippen molar-refractivity contribution >= 4 is 11.4 Å². The van der Waals surface area contributed by atoms with E-state index >= 15 is 0 Å². The smallest absolute Gasteiger partial charge is 0.295 e. The Morgan fingerprint density at radius 1 is 1.24 bits per heavy atom. The van der Waals surface area contributed by atoms with Crippen LogP contribution in [0.3, 0.4) is 0 Å². The second kappa shape index (κ2) is 7.66. The van der Waals surface area contributed by atoms with E-state index in [4.69, 9.17) is 4.74 Å². The molecule has 138 valence electrons. The van der Waals surface area contributed by atoms with Crippen molar-refractivity contribution in [3.63, 3.8) is 0 Å². The number of benzene rings is 1. The number of halogens is 1. The minimum Gasteiger partial charge on any atom is -0.373 e. The third-order valence-corrected chi connectivity index (χ3v) is 5.10. The summed E-state index contributed by atoms with van der Waals surface area (Å²) in [4.78, 5) is 15.0. The Morgan fingerprint density at radius 2 is 1.88 bits per heavy atom. The molecule has 0 aliphatic carbocycles. The Balaban J connectivity index is 1.60. The highest BCUT2D eigenvalue weighted by molar-refractivity contribution is 5.64. The van der Waals surface area contributed by atoms with Gasteiger partial charge in [-0.1, -0.05) is 6.07 Å². The summed E-state index contributed by atoms with van der Waals surface area (Å²) < 4.78 is 20.0. The van der Waals surface area contributed by atoms with Gasteiger partial charge in [0, 0.05) is 38.8 Å². The monoisotopic (exact) mass is 351 g/mol. The number of hydrogen-bond donors (Lipinski definition) is 0. The van der Waals surface area contributed by atoms with E-state index in [1.165, 1.54) is 18.2 Å². The molecule has 0 N–H and O–H groups in total. The summed E-state index contributed by atoms with van der Waals surface area (Å²) in [7, 11) is 0. The average Bonchev–Trinajstić information content (AvgIpc) is 2.54. The standard InChI is InChI=1S/C18H26FN3O3/c1-13-10-20(11-14(2)25-13)12-15-6-8-21(9-7-15)18-16(19)4-3-5-17(18)22(23)24/h3-5,13-15H,6-12H2,1-2H3/t13-,14+. The van der Waals surface area contributed by atoms with Gasteiger partial charge >= 0.3 is 0 Å². The lowest BCUT2D eigenvalue weighted by molar-refractivity contribution is -0.384. The molecule has 6 nitrogen and oxygen atoms in total. The number of para-hydroxylation sites is 1. The van der Waals surface area contributed by atoms with Crippen molar-refractivity contribution in [1.29, 1.82) is 0 Å². The second-order valence-corrected chi connectivity index (χ2v) is 7.27. The molecule has 2 aliphatic rings. The third-order valence-electron chi connectivity index (χ3n) is 5.10. The van der Waals surface area contributed by atoms with Gasteiger partial charge < -0.3 is 9.64 Å². The Hall–Kier alpha value is -1.73. The van der Waals surface area contributed by atoms with Crippen LogP contribution in [0, 0.1) is 21.8 Å². The summed E-state index contributed by atoms with van der Waals surface area (Å²) in [6.07, 6.45) is 2.35. The Kier molecular flexibility index (Phi) is 5.54. The van der Waals surface area contributed by atoms with E-state index in [1.807, 2.05) is 4.90 Å². The molecule has 2 heterocycles. The number of piperidine rings is 1. The number of anilines is 1. The molecule has 2 saturated heterocycles. The van der Waals surface area contributed by atoms with E-state index in [9.17, 15) is 14.5 Å². The van der Waals surface area contributed by atoms with Crippen molar-refractivity contribution in [3.05, 3.63) is 34.1 Å². The van der Waals surface area contributed by atoms with Gasteiger partial charge in [0.15, 0.2) is 11.5 Å². The van der Waals surface area contributed by atoms with E-state index < -0.39 is 10.7 Å². The largest absolute Gasteiger partial charge is 0.373 e. The fourth-order valence-electron chi connectivity index (χ4n) is 4.10. The molecule has 25 heavy (non-hydrogen) atoms. The number of nitro benzene ring substituents is 1. The Morgan fingerprint density at radius 3 is 2.48 bits per heavy atom. The first-order chi connectivity index (χ1) is 11.9. The van der Waals surface area contributed by atoms with Gasteiger partial charge in [-0.2, -0.15) is 0 Å². The van der Waals surface area contributed by atoms with Gasteiger partial charge in [-0.25, -0.2) is 4.39 Å². The average molecular weight is 351 g/mol. The lowest BCUT2D eigenvalue weighted by Crippen LogP contribution is -2.48. The molecule has 0 unspecified atom stereocenters. The lowest BCUT2D eigenvalue weighted by atomic mass is 9.95. The van der Waals surface area contributed by atoms with Gasteiger partial charge in [-0.3, -0.25) is 15.0 Å². The normalized spacial score (nSPS) is 26.0. The van der Waals surface area contributed by atoms with Gasteiger partial charge in [0.25, 0.3) is 5.69 Å². The van der Waals surface area contributed by atoms with Crippen LogP contribution in [0.2, 0.25) is 0 Å². The predicted molar refractivity (Wildman–Crippen MR) is 94.4 cm³/mol. The van der Waals surface area contributed by atoms with Gasteiger partial charge in [0.2, 0.25) is 0 Å². The number of rotatable bonds is 4. The molecule has 0 amide bonds. The van der Waals surface area contributed by atoms with Crippen LogP contribution in [0.25, 0.3) is 0 Å². The SMILES string of the molecule is C[C@@H]1CN(CC2CCN(c3c(F)cccc3[N+](=O)[O-])CC2)C[C@H](C)O1. The molecule has 0 bridgehead atoms. The number of nitro groups is 1. The molecule has 2 atom stereocenters. The molecule has 2 fully saturated rings. The molecule has 0 spiro atoms. The topological polar surface area (TPSA) is 58.9 Å². The van der Waals surface area contributed by atoms with Crippen molar-refractivity contribution in [2.24, 2.45) is 5.92 Å². The number of nitrogens with zero attached hydrogens (tertiary/aromatic N) is 3. The van der Waals surface area contributed by atoms with Crippen molar-refractivity contribution in [1.82, 2.24) is 4.90 Å². The van der Waals surface area contributed by atoms with Gasteiger partial charge in [-0.15, -0.1) is 0 Å². The van der Waals surface area contributed by atoms with Crippen LogP contribution < -0.4 is 4.90 Å². The van der Waals surface area contributed by atoms with Crippen molar-refractivity contribution in [2.45, 2.75) is 38.9 Å². The van der Waals surface area contributed by atoms with Crippen LogP contribution in [-0.4, -0.2) is 54.8 Å². The highest BCUT2D eigenvalue weighted by Crippen LogP contribution is 2.34. The molecular weight excluding hydrogens is 325 g/mol. The number of morpholine rings is 1. The van der Waals surface area contributed by atoms with Gasteiger partial charge in [0.05, 0.1) is 17.1 Å². The van der Waals surface area contributed by atoms with Crippen LogP contribution in [0.4, 0.5) is 15.8 Å². The highest BCUT2D eigenvalue weighted by atomic mass is 19.1. The quantitative estimate of drug-likeness (QED) is 0.616. The van der Waals surface area contributed by atoms with Gasteiger partial charge in [-0.05, 0) is 38.7 Å². The lowest BCUT2D eigenvalue weighted by Gasteiger charge is -2.39. The zero-order valence-electron chi connectivity index (χ0n) is 14.9. The molecule has 1 aromatic rings. The Bertz CT molecular complexity index is 610. The third kappa shape index (κ3) is 4.27. The second-order valence-electron chi connectivity index (χ2n) is 7.27. The van der Waals surface area contributed by atoms with Crippen LogP contribution in [-0.2, 0) is 4.74 Å². The van der Waals surface area contributed by atoms with Crippen LogP contribution in [0.5, 0.6) is 0 Å². The molecule has 0 aromatic heterocycles. The van der Waals surface area contributed by atoms with E-state index in [1.54, 1.807) is 0 Å². The fraction of sp³-hybridized carbons (Fsp3) is 0.667. The van der Waals surface area contributed by atoms with E-state index in [-0.39, 0.29) is 23.6 Å². The first-order valence-corrected chi connectivity index (χ1v) is 8.99. The molecule has 0 saturated carbocycles. The molecule has 7 heteroatoms. The molecule has 1 aromatic carbocycles. The number of hydrogen-bond acceptors (Lipinski definition) is 5. The van der Waals surface area contributed by atoms with Crippen molar-refractivity contribution in [2.75, 3.05) is 37.6 Å². The molecule has 2 aliphatic heterocycles. The van der Waals surface area contributed by atoms with E-state index in [2.05, 4.69) is 18.7 Å². The maximum Gasteiger partial charge on any atom is 0.295 e. The molecule has 0 radical (unpaired) electrons. The number of ether oxygens (including phenoxy) is 1. The summed E-state index contributed by atoms with van der Waals surface area (Å²) in [5.74, 6) is 0.0306. The van der Waals surface area contributed by atoms with Crippen LogP contribution in [0.1, 0.15) is 26.7 Å². The summed E-state index contributed by atoms with van der Waals surface area (Å²) in [6.45, 7) is 8.42. The van der Waals surface area contributed by atoms with E-state index in [0.29, 0.717) is 19.0 Å². The zero-order valence-corrected chi connectivity index (χ0v) is 14.9. The summed E-state index contributed by atoms with van der Waals surface area (Å²) >= 11 is 0. The summed E-state index contributed by atoms with van der Waals surface area (Å²) in [5, 5.41) is 11.2. The van der Waals surface area contributed by atoms with Crippen molar-refractivity contribution in [3.8, 4) is 0 Å². The predicted octanol–water partition coefficient (Wildman–Crippen LogP) is 3.06. The van der Waals surface area contributed by atoms with E-state index in [0.717, 1.165) is 32.5 Å². The molecule has 3 rings (SSSR count). The maximum atomic E-state index is 14.2. The first kappa shape index (κ1) is 18.1. The summed E-state index contributed by atoms with van der Waals surface area (Å²) in [6, 6.07) is 4.07. The van der Waals surface area contributed by atoms with Crippen molar-refractivity contribution < 1.29 is 14.1 Å². The first-order valence-electron chi connectivity index (χ1n) is 8.99. The minimum absolute atomic E-state index is 0.138. The highest BCUT2D eigenvalue weighted by Gasteiger charge is 2.30. The zero-order chi connectivity index (χ0) is 18.0. The maximum absolute atomic E-state index is 14.2. The molecular formula is C18H26FN3O3. The minimum atomic E-state index is -0.511. The Labute approximate surface area is 147 Å². The van der Waals surface area contributed by atoms with Crippen LogP contribution in [0.15, 0.2) is 18.2 Å².